The van der Waals surface area contributed by atoms with Gasteiger partial charge in [0.25, 0.3) is 0 Å². The number of methoxy groups -OCH3 is 1. The largest absolute Gasteiger partial charge is 0.500 e. The minimum Gasteiger partial charge on any atom is -0.500 e. The molecule has 6 heteroatoms. The zero-order valence-corrected chi connectivity index (χ0v) is 23.5. The van der Waals surface area contributed by atoms with Gasteiger partial charge in [0, 0.05) is 30.6 Å². The fourth-order valence-corrected chi connectivity index (χ4v) is 5.07. The Labute approximate surface area is 217 Å². The molecule has 1 amide bonds. The zero-order valence-electron chi connectivity index (χ0n) is 23.5. The predicted octanol–water partition coefficient (Wildman–Crippen LogP) is 6.13. The van der Waals surface area contributed by atoms with Crippen molar-refractivity contribution in [2.24, 2.45) is 5.41 Å². The molecule has 198 valence electrons. The Morgan fingerprint density at radius 2 is 1.69 bits per heavy atom. The van der Waals surface area contributed by atoms with E-state index in [0.29, 0.717) is 49.3 Å². The first-order valence-corrected chi connectivity index (χ1v) is 12.4. The van der Waals surface area contributed by atoms with Gasteiger partial charge in [-0.15, -0.1) is 5.92 Å². The number of likely N-dealkylation sites (tertiary alicyclic amines) is 1. The van der Waals surface area contributed by atoms with Crippen LogP contribution in [0.3, 0.4) is 0 Å². The third-order valence-electron chi connectivity index (χ3n) is 6.37. The molecule has 0 radical (unpaired) electrons. The Bertz CT molecular complexity index is 1070. The lowest BCUT2D eigenvalue weighted by atomic mass is 9.66. The topological polar surface area (TPSA) is 87.3 Å². The summed E-state index contributed by atoms with van der Waals surface area (Å²) in [7, 11) is 1.63. The van der Waals surface area contributed by atoms with Gasteiger partial charge in [-0.05, 0) is 88.6 Å². The molecule has 1 aromatic rings. The number of carbonyl (C=O) groups excluding carboxylic acids is 2. The van der Waals surface area contributed by atoms with Gasteiger partial charge >= 0.3 is 6.09 Å². The Morgan fingerprint density at radius 1 is 1.11 bits per heavy atom. The predicted molar refractivity (Wildman–Crippen MR) is 145 cm³/mol. The van der Waals surface area contributed by atoms with Crippen molar-refractivity contribution in [1.82, 2.24) is 4.90 Å². The van der Waals surface area contributed by atoms with Crippen molar-refractivity contribution in [3.63, 3.8) is 0 Å². The van der Waals surface area contributed by atoms with Gasteiger partial charge in [-0.1, -0.05) is 26.3 Å². The molecule has 2 aliphatic rings. The highest BCUT2D eigenvalue weighted by molar-refractivity contribution is 6.23. The van der Waals surface area contributed by atoms with Crippen molar-refractivity contribution in [3.8, 4) is 11.8 Å². The average molecular weight is 498 g/mol. The number of ether oxygens (including phenoxy) is 2. The SMILES string of the molecule is C=C1CC2(CCN1C(=O)OC(C)(C)C)CC(=O)C(c1c(C)cc(C#CC)cc1C)=C(OC)C2.CC.O. The molecule has 1 unspecified atom stereocenters. The standard InChI is InChI=1S/C28H35NO4.C2H6.H2O/c1-9-10-21-13-18(2)24(19(3)14-21)25-22(30)16-28(17-23(25)32-8)11-12-29(20(4)15-28)26(31)33-27(5,6)7;1-2;/h13-14H,4,11-12,15-17H2,1-3,5-8H3;1-2H3;1H2. The lowest BCUT2D eigenvalue weighted by Crippen LogP contribution is -2.45. The monoisotopic (exact) mass is 497 g/mol. The van der Waals surface area contributed by atoms with Gasteiger partial charge in [-0.3, -0.25) is 9.69 Å². The molecule has 1 aliphatic heterocycles. The number of benzene rings is 1. The van der Waals surface area contributed by atoms with Crippen molar-refractivity contribution in [3.05, 3.63) is 52.4 Å². The van der Waals surface area contributed by atoms with E-state index < -0.39 is 5.60 Å². The van der Waals surface area contributed by atoms with Crippen molar-refractivity contribution in [2.75, 3.05) is 13.7 Å². The fourth-order valence-electron chi connectivity index (χ4n) is 5.07. The summed E-state index contributed by atoms with van der Waals surface area (Å²) >= 11 is 0. The van der Waals surface area contributed by atoms with Crippen LogP contribution in [0, 0.1) is 31.1 Å². The van der Waals surface area contributed by atoms with Gasteiger partial charge in [0.15, 0.2) is 5.78 Å². The van der Waals surface area contributed by atoms with Crippen LogP contribution in [0.1, 0.15) is 89.5 Å². The van der Waals surface area contributed by atoms with Gasteiger partial charge in [0.1, 0.15) is 11.4 Å². The van der Waals surface area contributed by atoms with E-state index in [2.05, 4.69) is 18.4 Å². The van der Waals surface area contributed by atoms with Crippen LogP contribution < -0.4 is 0 Å². The van der Waals surface area contributed by atoms with E-state index in [1.807, 2.05) is 67.5 Å². The van der Waals surface area contributed by atoms with E-state index >= 15 is 0 Å². The molecule has 2 N–H and O–H groups in total. The molecule has 0 saturated carbocycles. The maximum absolute atomic E-state index is 13.6. The molecule has 1 aromatic carbocycles. The first-order valence-electron chi connectivity index (χ1n) is 12.4. The molecule has 1 heterocycles. The van der Waals surface area contributed by atoms with Crippen LogP contribution in [0.5, 0.6) is 0 Å². The number of rotatable bonds is 2. The van der Waals surface area contributed by atoms with Gasteiger partial charge in [0.2, 0.25) is 0 Å². The van der Waals surface area contributed by atoms with Crippen LogP contribution in [0.15, 0.2) is 30.2 Å². The second-order valence-corrected chi connectivity index (χ2v) is 10.3. The summed E-state index contributed by atoms with van der Waals surface area (Å²) in [4.78, 5) is 27.8. The second-order valence-electron chi connectivity index (χ2n) is 10.3. The summed E-state index contributed by atoms with van der Waals surface area (Å²) in [6.07, 6.45) is 1.92. The summed E-state index contributed by atoms with van der Waals surface area (Å²) in [6.45, 7) is 20.0. The first-order chi connectivity index (χ1) is 16.4. The number of carbonyl (C=O) groups is 2. The van der Waals surface area contributed by atoms with Crippen molar-refractivity contribution < 1.29 is 24.5 Å². The van der Waals surface area contributed by atoms with E-state index in [4.69, 9.17) is 9.47 Å². The van der Waals surface area contributed by atoms with Gasteiger partial charge < -0.3 is 14.9 Å². The molecule has 1 atom stereocenters. The molecular weight excluding hydrogens is 454 g/mol. The molecule has 36 heavy (non-hydrogen) atoms. The van der Waals surface area contributed by atoms with Gasteiger partial charge in [0.05, 0.1) is 12.7 Å². The normalized spacial score (nSPS) is 19.5. The van der Waals surface area contributed by atoms with Crippen LogP contribution in [0.25, 0.3) is 5.57 Å². The van der Waals surface area contributed by atoms with Crippen molar-refractivity contribution >= 4 is 17.4 Å². The maximum Gasteiger partial charge on any atom is 0.414 e. The van der Waals surface area contributed by atoms with Gasteiger partial charge in [-0.2, -0.15) is 0 Å². The minimum atomic E-state index is -0.567. The molecule has 3 rings (SSSR count). The highest BCUT2D eigenvalue weighted by atomic mass is 16.6. The number of piperidine rings is 1. The summed E-state index contributed by atoms with van der Waals surface area (Å²) in [5.74, 6) is 6.83. The number of Topliss-reactive ketones (excluding diaryl/α,β-unsaturated/α-hetero) is 1. The molecule has 0 bridgehead atoms. The number of hydrogen-bond donors (Lipinski definition) is 0. The van der Waals surface area contributed by atoms with Crippen LogP contribution in [0.4, 0.5) is 4.79 Å². The molecule has 1 fully saturated rings. The molecule has 6 nitrogen and oxygen atoms in total. The van der Waals surface area contributed by atoms with Crippen LogP contribution in [-0.2, 0) is 14.3 Å². The third-order valence-corrected chi connectivity index (χ3v) is 6.37. The Morgan fingerprint density at radius 3 is 2.17 bits per heavy atom. The number of amides is 1. The lowest BCUT2D eigenvalue weighted by Gasteiger charge is -2.45. The molecule has 0 aromatic heterocycles. The first kappa shape index (κ1) is 31.0. The third kappa shape index (κ3) is 6.79. The number of nitrogens with zero attached hydrogens (tertiary/aromatic N) is 1. The van der Waals surface area contributed by atoms with E-state index in [1.165, 1.54) is 0 Å². The Kier molecular flexibility index (Phi) is 10.6. The summed E-state index contributed by atoms with van der Waals surface area (Å²) < 4.78 is 11.3. The second kappa shape index (κ2) is 12.3. The summed E-state index contributed by atoms with van der Waals surface area (Å²) in [5.41, 5.74) is 4.43. The van der Waals surface area contributed by atoms with Gasteiger partial charge in [-0.25, -0.2) is 4.79 Å². The molecular formula is C30H43NO5. The lowest BCUT2D eigenvalue weighted by molar-refractivity contribution is -0.117. The Balaban J connectivity index is 0.00000211. The molecule has 1 saturated heterocycles. The summed E-state index contributed by atoms with van der Waals surface area (Å²) in [5, 5.41) is 0. The average Bonchev–Trinajstić information content (AvgIpc) is 2.75. The van der Waals surface area contributed by atoms with Crippen molar-refractivity contribution in [1.29, 1.82) is 0 Å². The number of allylic oxidation sites excluding steroid dienone is 3. The van der Waals surface area contributed by atoms with Crippen molar-refractivity contribution in [2.45, 2.75) is 86.7 Å². The quantitative estimate of drug-likeness (QED) is 0.460. The number of hydrogen-bond acceptors (Lipinski definition) is 4. The highest BCUT2D eigenvalue weighted by Crippen LogP contribution is 2.50. The van der Waals surface area contributed by atoms with Crippen LogP contribution >= 0.6 is 0 Å². The van der Waals surface area contributed by atoms with Crippen LogP contribution in [-0.4, -0.2) is 41.5 Å². The van der Waals surface area contributed by atoms with E-state index in [-0.39, 0.29) is 22.8 Å². The molecule has 1 spiro atoms. The number of ketones is 1. The minimum absolute atomic E-state index is 0. The summed E-state index contributed by atoms with van der Waals surface area (Å²) in [6, 6.07) is 4.05. The highest BCUT2D eigenvalue weighted by Gasteiger charge is 2.45. The fraction of sp³-hybridized carbons (Fsp3) is 0.533. The van der Waals surface area contributed by atoms with E-state index in [1.54, 1.807) is 12.0 Å². The Hall–Kier alpha value is -3.04. The number of aryl methyl sites for hydroxylation is 2. The zero-order chi connectivity index (χ0) is 26.6. The maximum atomic E-state index is 13.6. The van der Waals surface area contributed by atoms with Crippen LogP contribution in [0.2, 0.25) is 0 Å². The smallest absolute Gasteiger partial charge is 0.414 e. The van der Waals surface area contributed by atoms with E-state index in [0.717, 1.165) is 22.3 Å². The molecule has 1 aliphatic carbocycles. The van der Waals surface area contributed by atoms with E-state index in [9.17, 15) is 9.59 Å².